The van der Waals surface area contributed by atoms with Gasteiger partial charge >= 0.3 is 0 Å². The Morgan fingerprint density at radius 1 is 1.11 bits per heavy atom. The van der Waals surface area contributed by atoms with E-state index in [1.54, 1.807) is 0 Å². The molecule has 0 rings (SSSR count). The largest absolute Gasteiger partial charge is 0.385 e. The molecule has 0 aromatic carbocycles. The standard InChI is InChI=1S/C9H26B6O3/c1-6(10)16-4-9(18-7(2)14-11)5-17-8(3)15(12)13/h6-9,14H,4-5,10-13H2,1-3H3. The molecule has 4 unspecified atom stereocenters. The van der Waals surface area contributed by atoms with Crippen LogP contribution in [-0.2, 0) is 14.2 Å². The predicted molar refractivity (Wildman–Crippen MR) is 92.2 cm³/mol. The van der Waals surface area contributed by atoms with Gasteiger partial charge in [0, 0.05) is 18.0 Å². The Balaban J connectivity index is 4.11. The second-order valence-electron chi connectivity index (χ2n) is 5.64. The molecule has 0 heterocycles. The smallest absolute Gasteiger partial charge is 0.138 e. The molecule has 0 aromatic rings. The maximum atomic E-state index is 5.93. The zero-order valence-corrected chi connectivity index (χ0v) is 13.2. The molecule has 0 aliphatic carbocycles. The van der Waals surface area contributed by atoms with Crippen molar-refractivity contribution in [1.29, 1.82) is 0 Å². The molecule has 4 atom stereocenters. The number of hydrogen-bond donors (Lipinski definition) is 0. The van der Waals surface area contributed by atoms with E-state index in [0.29, 0.717) is 19.7 Å². The SMILES string of the molecule is BBC(C)OC(COC(B)C)COC(C)B(B)B. The van der Waals surface area contributed by atoms with Crippen molar-refractivity contribution in [2.24, 2.45) is 0 Å². The van der Waals surface area contributed by atoms with Gasteiger partial charge in [-0.25, -0.2) is 0 Å². The Kier molecular flexibility index (Phi) is 10.3. The highest BCUT2D eigenvalue weighted by molar-refractivity contribution is 7.29. The van der Waals surface area contributed by atoms with Gasteiger partial charge in [0.2, 0.25) is 0 Å². The highest BCUT2D eigenvalue weighted by Crippen LogP contribution is 2.03. The second kappa shape index (κ2) is 10.1. The zero-order chi connectivity index (χ0) is 14.1. The molecule has 0 fully saturated rings. The topological polar surface area (TPSA) is 27.7 Å². The minimum absolute atomic E-state index is 0.0311. The van der Waals surface area contributed by atoms with Crippen molar-refractivity contribution >= 4 is 44.7 Å². The zero-order valence-electron chi connectivity index (χ0n) is 13.2. The fourth-order valence-corrected chi connectivity index (χ4v) is 1.30. The summed E-state index contributed by atoms with van der Waals surface area (Å²) in [5.41, 5.74) is 0. The number of hydrogen-bond acceptors (Lipinski definition) is 3. The van der Waals surface area contributed by atoms with Crippen LogP contribution in [0.15, 0.2) is 0 Å². The lowest BCUT2D eigenvalue weighted by atomic mass is 9.17. The third-order valence-electron chi connectivity index (χ3n) is 3.10. The first kappa shape index (κ1) is 18.3. The highest BCUT2D eigenvalue weighted by atomic mass is 16.6. The molecular weight excluding hydrogens is 221 g/mol. The van der Waals surface area contributed by atoms with E-state index in [0.717, 1.165) is 7.17 Å². The van der Waals surface area contributed by atoms with Gasteiger partial charge in [0.25, 0.3) is 0 Å². The maximum Gasteiger partial charge on any atom is 0.138 e. The Morgan fingerprint density at radius 3 is 2.11 bits per heavy atom. The van der Waals surface area contributed by atoms with Gasteiger partial charge < -0.3 is 14.2 Å². The summed E-state index contributed by atoms with van der Waals surface area (Å²) in [6, 6.07) is 0.742. The van der Waals surface area contributed by atoms with Gasteiger partial charge in [0.05, 0.1) is 36.4 Å². The Labute approximate surface area is 117 Å². The lowest BCUT2D eigenvalue weighted by molar-refractivity contribution is -0.0736. The molecule has 0 saturated carbocycles. The van der Waals surface area contributed by atoms with Crippen molar-refractivity contribution < 1.29 is 14.2 Å². The lowest BCUT2D eigenvalue weighted by Crippen LogP contribution is -2.38. The van der Waals surface area contributed by atoms with Crippen LogP contribution in [0.5, 0.6) is 0 Å². The van der Waals surface area contributed by atoms with Crippen LogP contribution in [-0.4, -0.2) is 82.0 Å². The van der Waals surface area contributed by atoms with E-state index in [1.165, 1.54) is 0 Å². The highest BCUT2D eigenvalue weighted by Gasteiger charge is 2.17. The fraction of sp³-hybridized carbons (Fsp3) is 1.00. The van der Waals surface area contributed by atoms with Crippen LogP contribution in [0.2, 0.25) is 0 Å². The molecule has 0 saturated heterocycles. The molecule has 3 nitrogen and oxygen atoms in total. The normalized spacial score (nSPS) is 17.7. The van der Waals surface area contributed by atoms with Gasteiger partial charge in [0.15, 0.2) is 0 Å². The van der Waals surface area contributed by atoms with Gasteiger partial charge in [-0.2, -0.15) is 0 Å². The molecule has 0 spiro atoms. The van der Waals surface area contributed by atoms with Gasteiger partial charge in [-0.15, -0.1) is 0 Å². The van der Waals surface area contributed by atoms with Gasteiger partial charge in [-0.05, 0) is 20.8 Å². The fourth-order valence-electron chi connectivity index (χ4n) is 1.30. The summed E-state index contributed by atoms with van der Waals surface area (Å²) in [5.74, 6) is 0. The molecule has 0 aromatic heterocycles. The molecule has 0 radical (unpaired) electrons. The quantitative estimate of drug-likeness (QED) is 0.373. The van der Waals surface area contributed by atoms with Crippen molar-refractivity contribution in [1.82, 2.24) is 0 Å². The van der Waals surface area contributed by atoms with Crippen molar-refractivity contribution in [3.05, 3.63) is 0 Å². The third kappa shape index (κ3) is 9.23. The second-order valence-corrected chi connectivity index (χ2v) is 5.64. The first-order valence-electron chi connectivity index (χ1n) is 7.25. The Morgan fingerprint density at radius 2 is 1.67 bits per heavy atom. The van der Waals surface area contributed by atoms with E-state index in [9.17, 15) is 0 Å². The first-order chi connectivity index (χ1) is 8.36. The van der Waals surface area contributed by atoms with Crippen LogP contribution >= 0.6 is 0 Å². The molecular formula is C9H26B6O3. The summed E-state index contributed by atoms with van der Waals surface area (Å²) in [4.78, 5) is 0. The van der Waals surface area contributed by atoms with Crippen LogP contribution in [0, 0.1) is 0 Å². The van der Waals surface area contributed by atoms with Crippen molar-refractivity contribution in [2.45, 2.75) is 44.9 Å². The summed E-state index contributed by atoms with van der Waals surface area (Å²) in [5, 5.41) is 0. The van der Waals surface area contributed by atoms with Gasteiger partial charge in [0.1, 0.15) is 27.6 Å². The molecule has 0 aliphatic heterocycles. The van der Waals surface area contributed by atoms with Gasteiger partial charge in [-0.1, -0.05) is 0 Å². The summed E-state index contributed by atoms with van der Waals surface area (Å²) in [7, 11) is 9.51. The van der Waals surface area contributed by atoms with E-state index in [2.05, 4.69) is 37.1 Å². The van der Waals surface area contributed by atoms with Crippen molar-refractivity contribution in [3.8, 4) is 0 Å². The van der Waals surface area contributed by atoms with Crippen LogP contribution in [0.4, 0.5) is 0 Å². The summed E-state index contributed by atoms with van der Waals surface area (Å²) >= 11 is 0. The van der Waals surface area contributed by atoms with E-state index in [1.807, 2.05) is 14.8 Å². The Hall–Kier alpha value is 0.270. The first-order valence-corrected chi connectivity index (χ1v) is 7.25. The summed E-state index contributed by atoms with van der Waals surface area (Å²) < 4.78 is 17.4. The summed E-state index contributed by atoms with van der Waals surface area (Å²) in [6.45, 7) is 7.98. The Bertz CT molecular complexity index is 207. The lowest BCUT2D eigenvalue weighted by Gasteiger charge is -2.25. The average Bonchev–Trinajstić information content (AvgIpc) is 2.31. The van der Waals surface area contributed by atoms with Crippen molar-refractivity contribution in [2.75, 3.05) is 13.2 Å². The molecule has 9 heteroatoms. The van der Waals surface area contributed by atoms with Crippen LogP contribution in [0.25, 0.3) is 0 Å². The van der Waals surface area contributed by atoms with Crippen LogP contribution in [0.1, 0.15) is 20.8 Å². The molecule has 0 aliphatic rings. The number of ether oxygens (including phenoxy) is 3. The summed E-state index contributed by atoms with van der Waals surface area (Å²) in [6.07, 6.45) is 0.0311. The monoisotopic (exact) mass is 248 g/mol. The van der Waals surface area contributed by atoms with Gasteiger partial charge in [-0.3, -0.25) is 0 Å². The van der Waals surface area contributed by atoms with Crippen molar-refractivity contribution in [3.63, 3.8) is 0 Å². The molecule has 0 bridgehead atoms. The molecule has 0 N–H and O–H groups in total. The van der Waals surface area contributed by atoms with E-state index < -0.39 is 0 Å². The van der Waals surface area contributed by atoms with Crippen LogP contribution < -0.4 is 0 Å². The van der Waals surface area contributed by atoms with Crippen LogP contribution in [0.3, 0.4) is 0 Å². The molecule has 98 valence electrons. The number of rotatable bonds is 10. The average molecular weight is 247 g/mol. The van der Waals surface area contributed by atoms with E-state index in [4.69, 9.17) is 14.2 Å². The molecule has 0 amide bonds. The van der Waals surface area contributed by atoms with E-state index in [-0.39, 0.29) is 24.1 Å². The maximum absolute atomic E-state index is 5.93. The minimum atomic E-state index is 0.0311. The minimum Gasteiger partial charge on any atom is -0.385 e. The molecule has 18 heavy (non-hydrogen) atoms. The van der Waals surface area contributed by atoms with E-state index >= 15 is 0 Å². The predicted octanol–water partition coefficient (Wildman–Crippen LogP) is -3.60. The third-order valence-corrected chi connectivity index (χ3v) is 3.10.